The average Bonchev–Trinajstić information content (AvgIpc) is 2.36. The van der Waals surface area contributed by atoms with Crippen LogP contribution in [-0.4, -0.2) is 33.0 Å². The summed E-state index contributed by atoms with van der Waals surface area (Å²) in [7, 11) is -0.810. The van der Waals surface area contributed by atoms with Crippen molar-refractivity contribution in [2.24, 2.45) is 17.3 Å². The SMILES string of the molecule is CCS(=O)(=O)CCC(C)(C)C1CCC(C)CC1NC. The molecule has 0 radical (unpaired) electrons. The third-order valence-electron chi connectivity index (χ3n) is 4.98. The van der Waals surface area contributed by atoms with E-state index in [2.05, 4.69) is 26.1 Å². The lowest BCUT2D eigenvalue weighted by Gasteiger charge is -2.44. The monoisotopic (exact) mass is 289 g/mol. The summed E-state index contributed by atoms with van der Waals surface area (Å²) in [6.07, 6.45) is 4.48. The molecule has 0 aromatic carbocycles. The summed E-state index contributed by atoms with van der Waals surface area (Å²) in [6, 6.07) is 0.531. The second-order valence-corrected chi connectivity index (χ2v) is 9.37. The van der Waals surface area contributed by atoms with Crippen molar-refractivity contribution in [3.63, 3.8) is 0 Å². The van der Waals surface area contributed by atoms with Crippen molar-refractivity contribution < 1.29 is 8.42 Å². The first-order chi connectivity index (χ1) is 8.72. The van der Waals surface area contributed by atoms with Gasteiger partial charge in [0.15, 0.2) is 0 Å². The van der Waals surface area contributed by atoms with Crippen LogP contribution in [0.3, 0.4) is 0 Å². The molecular formula is C15H31NO2S. The van der Waals surface area contributed by atoms with Crippen molar-refractivity contribution in [3.05, 3.63) is 0 Å². The highest BCUT2D eigenvalue weighted by atomic mass is 32.2. The minimum atomic E-state index is -2.85. The minimum absolute atomic E-state index is 0.0933. The van der Waals surface area contributed by atoms with E-state index in [4.69, 9.17) is 0 Å². The van der Waals surface area contributed by atoms with Crippen LogP contribution in [0.5, 0.6) is 0 Å². The van der Waals surface area contributed by atoms with Crippen molar-refractivity contribution >= 4 is 9.84 Å². The van der Waals surface area contributed by atoms with Crippen molar-refractivity contribution in [1.82, 2.24) is 5.32 Å². The van der Waals surface area contributed by atoms with Crippen LogP contribution >= 0.6 is 0 Å². The van der Waals surface area contributed by atoms with Crippen LogP contribution in [0.4, 0.5) is 0 Å². The van der Waals surface area contributed by atoms with Gasteiger partial charge < -0.3 is 5.32 Å². The average molecular weight is 289 g/mol. The van der Waals surface area contributed by atoms with Crippen molar-refractivity contribution in [2.75, 3.05) is 18.6 Å². The first-order valence-electron chi connectivity index (χ1n) is 7.59. The molecule has 0 amide bonds. The van der Waals surface area contributed by atoms with E-state index in [1.807, 2.05) is 7.05 Å². The van der Waals surface area contributed by atoms with E-state index in [0.29, 0.717) is 17.7 Å². The molecule has 1 saturated carbocycles. The molecule has 0 aliphatic heterocycles. The molecule has 0 bridgehead atoms. The van der Waals surface area contributed by atoms with Gasteiger partial charge in [-0.05, 0) is 43.6 Å². The summed E-state index contributed by atoms with van der Waals surface area (Å²) < 4.78 is 23.4. The van der Waals surface area contributed by atoms with Crippen molar-refractivity contribution in [1.29, 1.82) is 0 Å². The summed E-state index contributed by atoms with van der Waals surface area (Å²) in [5.41, 5.74) is 0.0933. The largest absolute Gasteiger partial charge is 0.317 e. The van der Waals surface area contributed by atoms with Crippen LogP contribution in [0.25, 0.3) is 0 Å². The van der Waals surface area contributed by atoms with Crippen LogP contribution in [-0.2, 0) is 9.84 Å². The lowest BCUT2D eigenvalue weighted by atomic mass is 9.65. The molecule has 1 rings (SSSR count). The lowest BCUT2D eigenvalue weighted by Crippen LogP contribution is -2.46. The first kappa shape index (κ1) is 17.0. The third kappa shape index (κ3) is 4.75. The van der Waals surface area contributed by atoms with Gasteiger partial charge in [-0.2, -0.15) is 0 Å². The van der Waals surface area contributed by atoms with E-state index in [1.165, 1.54) is 19.3 Å². The zero-order chi connectivity index (χ0) is 14.7. The molecule has 19 heavy (non-hydrogen) atoms. The van der Waals surface area contributed by atoms with Crippen molar-refractivity contribution in [3.8, 4) is 0 Å². The topological polar surface area (TPSA) is 46.2 Å². The molecule has 1 fully saturated rings. The Balaban J connectivity index is 2.69. The Morgan fingerprint density at radius 3 is 2.42 bits per heavy atom. The van der Waals surface area contributed by atoms with Gasteiger partial charge in [-0.15, -0.1) is 0 Å². The highest BCUT2D eigenvalue weighted by Gasteiger charge is 2.38. The molecule has 0 aromatic rings. The summed E-state index contributed by atoms with van der Waals surface area (Å²) in [6.45, 7) is 8.53. The number of hydrogen-bond donors (Lipinski definition) is 1. The molecule has 3 unspecified atom stereocenters. The van der Waals surface area contributed by atoms with E-state index in [9.17, 15) is 8.42 Å². The van der Waals surface area contributed by atoms with Gasteiger partial charge in [-0.25, -0.2) is 8.42 Å². The Labute approximate surface area is 119 Å². The fraction of sp³-hybridized carbons (Fsp3) is 1.00. The van der Waals surface area contributed by atoms with Gasteiger partial charge in [0.25, 0.3) is 0 Å². The smallest absolute Gasteiger partial charge is 0.150 e. The van der Waals surface area contributed by atoms with Gasteiger partial charge in [-0.3, -0.25) is 0 Å². The van der Waals surface area contributed by atoms with Crippen LogP contribution in [0.1, 0.15) is 53.4 Å². The van der Waals surface area contributed by atoms with Gasteiger partial charge in [0.2, 0.25) is 0 Å². The highest BCUT2D eigenvalue weighted by Crippen LogP contribution is 2.42. The van der Waals surface area contributed by atoms with Gasteiger partial charge in [0.05, 0.1) is 5.75 Å². The normalized spacial score (nSPS) is 29.4. The zero-order valence-corrected chi connectivity index (χ0v) is 14.0. The Hall–Kier alpha value is -0.0900. The molecule has 114 valence electrons. The number of hydrogen-bond acceptors (Lipinski definition) is 3. The summed E-state index contributed by atoms with van der Waals surface area (Å²) in [5, 5.41) is 3.45. The summed E-state index contributed by atoms with van der Waals surface area (Å²) >= 11 is 0. The predicted molar refractivity (Wildman–Crippen MR) is 82.1 cm³/mol. The Kier molecular flexibility index (Phi) is 5.87. The van der Waals surface area contributed by atoms with Gasteiger partial charge in [-0.1, -0.05) is 34.1 Å². The number of sulfone groups is 1. The van der Waals surface area contributed by atoms with Gasteiger partial charge >= 0.3 is 0 Å². The molecule has 0 aromatic heterocycles. The van der Waals surface area contributed by atoms with E-state index < -0.39 is 9.84 Å². The van der Waals surface area contributed by atoms with Crippen LogP contribution in [0.15, 0.2) is 0 Å². The fourth-order valence-electron chi connectivity index (χ4n) is 3.38. The third-order valence-corrected chi connectivity index (χ3v) is 6.69. The van der Waals surface area contributed by atoms with Crippen LogP contribution in [0.2, 0.25) is 0 Å². The molecular weight excluding hydrogens is 258 g/mol. The fourth-order valence-corrected chi connectivity index (χ4v) is 4.51. The second-order valence-electron chi connectivity index (χ2n) is 6.89. The van der Waals surface area contributed by atoms with Crippen molar-refractivity contribution in [2.45, 2.75) is 59.4 Å². The molecule has 1 aliphatic rings. The quantitative estimate of drug-likeness (QED) is 0.818. The summed E-state index contributed by atoms with van der Waals surface area (Å²) in [4.78, 5) is 0. The number of rotatable bonds is 6. The molecule has 4 heteroatoms. The maximum absolute atomic E-state index is 11.7. The van der Waals surface area contributed by atoms with Crippen LogP contribution < -0.4 is 5.32 Å². The summed E-state index contributed by atoms with van der Waals surface area (Å²) in [5.74, 6) is 1.96. The minimum Gasteiger partial charge on any atom is -0.317 e. The molecule has 0 saturated heterocycles. The molecule has 1 N–H and O–H groups in total. The predicted octanol–water partition coefficient (Wildman–Crippen LogP) is 2.86. The molecule has 0 spiro atoms. The van der Waals surface area contributed by atoms with Crippen LogP contribution in [0, 0.1) is 17.3 Å². The van der Waals surface area contributed by atoms with E-state index in [-0.39, 0.29) is 11.2 Å². The highest BCUT2D eigenvalue weighted by molar-refractivity contribution is 7.91. The van der Waals surface area contributed by atoms with Gasteiger partial charge in [0, 0.05) is 11.8 Å². The molecule has 3 atom stereocenters. The standard InChI is InChI=1S/C15H31NO2S/c1-6-19(17,18)10-9-15(3,4)13-8-7-12(2)11-14(13)16-5/h12-14,16H,6-11H2,1-5H3. The Morgan fingerprint density at radius 1 is 1.26 bits per heavy atom. The molecule has 3 nitrogen and oxygen atoms in total. The van der Waals surface area contributed by atoms with E-state index in [0.717, 1.165) is 12.3 Å². The second kappa shape index (κ2) is 6.57. The first-order valence-corrected chi connectivity index (χ1v) is 9.41. The van der Waals surface area contributed by atoms with E-state index in [1.54, 1.807) is 6.92 Å². The maximum Gasteiger partial charge on any atom is 0.150 e. The molecule has 1 aliphatic carbocycles. The number of nitrogens with one attached hydrogen (secondary N) is 1. The zero-order valence-electron chi connectivity index (χ0n) is 13.2. The molecule has 0 heterocycles. The lowest BCUT2D eigenvalue weighted by molar-refractivity contribution is 0.0952. The Bertz CT molecular complexity index is 376. The Morgan fingerprint density at radius 2 is 1.89 bits per heavy atom. The maximum atomic E-state index is 11.7. The van der Waals surface area contributed by atoms with Gasteiger partial charge in [0.1, 0.15) is 9.84 Å². The van der Waals surface area contributed by atoms with E-state index >= 15 is 0 Å².